The van der Waals surface area contributed by atoms with E-state index in [2.05, 4.69) is 10.2 Å². The van der Waals surface area contributed by atoms with Crippen molar-refractivity contribution in [2.75, 3.05) is 0 Å². The largest absolute Gasteiger partial charge is 0.480 e. The summed E-state index contributed by atoms with van der Waals surface area (Å²) in [5, 5.41) is 24.4. The molecule has 7 nitrogen and oxygen atoms in total. The lowest BCUT2D eigenvalue weighted by atomic mass is 9.73. The number of carbonyl (C=O) groups excluding carboxylic acids is 1. The molecule has 0 fully saturated rings. The van der Waals surface area contributed by atoms with E-state index in [0.717, 1.165) is 12.6 Å². The van der Waals surface area contributed by atoms with E-state index in [0.29, 0.717) is 5.57 Å². The third-order valence-corrected chi connectivity index (χ3v) is 3.27. The summed E-state index contributed by atoms with van der Waals surface area (Å²) in [4.78, 5) is 33.4. The van der Waals surface area contributed by atoms with E-state index >= 15 is 0 Å². The number of carbonyl (C=O) groups is 3. The number of carboxylic acid groups (broad SMARTS) is 2. The minimum absolute atomic E-state index is 0.0578. The van der Waals surface area contributed by atoms with Crippen LogP contribution in [0.4, 0.5) is 0 Å². The minimum Gasteiger partial charge on any atom is -0.480 e. The number of hydrogen-bond donors (Lipinski definition) is 3. The molecule has 0 aromatic carbocycles. The summed E-state index contributed by atoms with van der Waals surface area (Å²) in [6.07, 6.45) is 4.19. The van der Waals surface area contributed by atoms with Gasteiger partial charge < -0.3 is 10.2 Å². The first-order chi connectivity index (χ1) is 10.2. The van der Waals surface area contributed by atoms with Crippen LogP contribution in [0.3, 0.4) is 0 Å². The maximum atomic E-state index is 11.4. The molecule has 0 radical (unpaired) electrons. The molecule has 0 aliphatic heterocycles. The van der Waals surface area contributed by atoms with Gasteiger partial charge in [-0.3, -0.25) is 14.7 Å². The molecule has 7 heteroatoms. The van der Waals surface area contributed by atoms with E-state index < -0.39 is 23.1 Å². The topological polar surface area (TPSA) is 120 Å². The average molecular weight is 306 g/mol. The fourth-order valence-electron chi connectivity index (χ4n) is 2.09. The number of aromatic nitrogens is 2. The zero-order chi connectivity index (χ0) is 16.9. The van der Waals surface area contributed by atoms with Crippen LogP contribution in [-0.2, 0) is 14.4 Å². The second-order valence-electron chi connectivity index (χ2n) is 5.09. The Morgan fingerprint density at radius 2 is 1.91 bits per heavy atom. The second-order valence-corrected chi connectivity index (χ2v) is 5.09. The molecule has 1 unspecified atom stereocenters. The number of ketones is 1. The summed E-state index contributed by atoms with van der Waals surface area (Å²) in [5.41, 5.74) is -0.277. The van der Waals surface area contributed by atoms with Crippen LogP contribution < -0.4 is 0 Å². The molecule has 1 atom stereocenters. The van der Waals surface area contributed by atoms with Crippen molar-refractivity contribution in [3.8, 4) is 0 Å². The van der Waals surface area contributed by atoms with Gasteiger partial charge in [0.05, 0.1) is 5.69 Å². The Balaban J connectivity index is 0.000000335. The van der Waals surface area contributed by atoms with E-state index in [1.807, 2.05) is 13.0 Å². The Kier molecular flexibility index (Phi) is 5.39. The standard InChI is InChI=1S/C11H12O5.C4H6N2/c1-6-3-8(9(13)14)5-11(4-6,7(2)12)10(15)16;1-4-2-3-5-6-4/h3-4H,5H2,1-2H3,(H,13,14)(H,15,16);2-3H,1H3,(H,5,6). The number of nitrogens with one attached hydrogen (secondary N) is 1. The summed E-state index contributed by atoms with van der Waals surface area (Å²) in [6, 6.07) is 1.92. The normalized spacial score (nSPS) is 20.1. The molecule has 1 heterocycles. The lowest BCUT2D eigenvalue weighted by molar-refractivity contribution is -0.151. The molecule has 1 aromatic heterocycles. The molecular formula is C15H18N2O5. The highest BCUT2D eigenvalue weighted by Crippen LogP contribution is 2.35. The van der Waals surface area contributed by atoms with Gasteiger partial charge in [0.2, 0.25) is 0 Å². The highest BCUT2D eigenvalue weighted by Gasteiger charge is 2.44. The third-order valence-electron chi connectivity index (χ3n) is 3.27. The minimum atomic E-state index is -1.73. The SMILES string of the molecule is CC(=O)C1(C(=O)O)C=C(C)C=C(C(=O)O)C1.Cc1cc[nH]n1. The van der Waals surface area contributed by atoms with Crippen LogP contribution in [0.2, 0.25) is 0 Å². The van der Waals surface area contributed by atoms with Crippen molar-refractivity contribution >= 4 is 17.7 Å². The molecule has 2 rings (SSSR count). The van der Waals surface area contributed by atoms with Crippen LogP contribution in [0.25, 0.3) is 0 Å². The third kappa shape index (κ3) is 3.91. The van der Waals surface area contributed by atoms with Crippen LogP contribution in [0.15, 0.2) is 35.6 Å². The molecule has 0 spiro atoms. The quantitative estimate of drug-likeness (QED) is 0.731. The predicted molar refractivity (Wildman–Crippen MR) is 78.2 cm³/mol. The number of aryl methyl sites for hydroxylation is 1. The maximum Gasteiger partial charge on any atom is 0.331 e. The Morgan fingerprint density at radius 3 is 2.23 bits per heavy atom. The molecule has 0 amide bonds. The fraction of sp³-hybridized carbons (Fsp3) is 0.333. The van der Waals surface area contributed by atoms with Crippen molar-refractivity contribution in [2.45, 2.75) is 27.2 Å². The molecular weight excluding hydrogens is 288 g/mol. The molecule has 1 aliphatic rings. The predicted octanol–water partition coefficient (Wildman–Crippen LogP) is 1.73. The molecule has 1 aromatic rings. The summed E-state index contributed by atoms with van der Waals surface area (Å²) in [7, 11) is 0. The molecule has 1 aliphatic carbocycles. The van der Waals surface area contributed by atoms with E-state index in [9.17, 15) is 14.4 Å². The van der Waals surface area contributed by atoms with Gasteiger partial charge in [-0.25, -0.2) is 4.79 Å². The van der Waals surface area contributed by atoms with Gasteiger partial charge >= 0.3 is 11.9 Å². The number of rotatable bonds is 3. The number of aromatic amines is 1. The van der Waals surface area contributed by atoms with Gasteiger partial charge in [0.1, 0.15) is 5.41 Å². The van der Waals surface area contributed by atoms with Crippen molar-refractivity contribution in [2.24, 2.45) is 5.41 Å². The van der Waals surface area contributed by atoms with Crippen molar-refractivity contribution < 1.29 is 24.6 Å². The first-order valence-electron chi connectivity index (χ1n) is 6.53. The fourth-order valence-corrected chi connectivity index (χ4v) is 2.09. The highest BCUT2D eigenvalue weighted by molar-refractivity contribution is 6.06. The molecule has 118 valence electrons. The summed E-state index contributed by atoms with van der Waals surface area (Å²) in [5.74, 6) is -3.07. The van der Waals surface area contributed by atoms with Crippen molar-refractivity contribution in [3.63, 3.8) is 0 Å². The number of aliphatic carboxylic acids is 2. The van der Waals surface area contributed by atoms with Crippen molar-refractivity contribution in [1.82, 2.24) is 10.2 Å². The summed E-state index contributed by atoms with van der Waals surface area (Å²) < 4.78 is 0. The lowest BCUT2D eigenvalue weighted by Crippen LogP contribution is -2.39. The average Bonchev–Trinajstić information content (AvgIpc) is 2.89. The van der Waals surface area contributed by atoms with Gasteiger partial charge in [0, 0.05) is 18.2 Å². The van der Waals surface area contributed by atoms with E-state index in [1.165, 1.54) is 12.2 Å². The Morgan fingerprint density at radius 1 is 1.27 bits per heavy atom. The molecule has 3 N–H and O–H groups in total. The number of Topliss-reactive ketones (excluding diaryl/α,β-unsaturated/α-hetero) is 1. The van der Waals surface area contributed by atoms with Gasteiger partial charge in [-0.2, -0.15) is 5.10 Å². The van der Waals surface area contributed by atoms with E-state index in [4.69, 9.17) is 10.2 Å². The van der Waals surface area contributed by atoms with Crippen molar-refractivity contribution in [1.29, 1.82) is 0 Å². The molecule has 0 bridgehead atoms. The van der Waals surface area contributed by atoms with Gasteiger partial charge in [0.25, 0.3) is 0 Å². The van der Waals surface area contributed by atoms with E-state index in [-0.39, 0.29) is 12.0 Å². The van der Waals surface area contributed by atoms with Crippen LogP contribution in [-0.4, -0.2) is 38.1 Å². The van der Waals surface area contributed by atoms with Crippen LogP contribution >= 0.6 is 0 Å². The van der Waals surface area contributed by atoms with Crippen LogP contribution in [0.5, 0.6) is 0 Å². The van der Waals surface area contributed by atoms with Crippen LogP contribution in [0, 0.1) is 12.3 Å². The Labute approximate surface area is 127 Å². The summed E-state index contributed by atoms with van der Waals surface area (Å²) >= 11 is 0. The summed E-state index contributed by atoms with van der Waals surface area (Å²) in [6.45, 7) is 4.67. The monoisotopic (exact) mass is 306 g/mol. The lowest BCUT2D eigenvalue weighted by Gasteiger charge is -2.27. The molecule has 0 saturated heterocycles. The van der Waals surface area contributed by atoms with E-state index in [1.54, 1.807) is 13.1 Å². The maximum absolute atomic E-state index is 11.4. The van der Waals surface area contributed by atoms with Gasteiger partial charge in [-0.05, 0) is 32.9 Å². The molecule has 0 saturated carbocycles. The number of H-pyrrole nitrogens is 1. The first kappa shape index (κ1) is 17.4. The number of allylic oxidation sites excluding steroid dienone is 2. The Hall–Kier alpha value is -2.70. The van der Waals surface area contributed by atoms with Crippen LogP contribution in [0.1, 0.15) is 26.0 Å². The molecule has 22 heavy (non-hydrogen) atoms. The number of hydrogen-bond acceptors (Lipinski definition) is 4. The smallest absolute Gasteiger partial charge is 0.331 e. The van der Waals surface area contributed by atoms with Gasteiger partial charge in [-0.15, -0.1) is 0 Å². The van der Waals surface area contributed by atoms with Crippen molar-refractivity contribution in [3.05, 3.63) is 41.3 Å². The Bertz CT molecular complexity index is 627. The van der Waals surface area contributed by atoms with Gasteiger partial charge in [0.15, 0.2) is 5.78 Å². The first-order valence-corrected chi connectivity index (χ1v) is 6.53. The highest BCUT2D eigenvalue weighted by atomic mass is 16.4. The second kappa shape index (κ2) is 6.84. The van der Waals surface area contributed by atoms with Gasteiger partial charge in [-0.1, -0.05) is 11.6 Å². The number of carboxylic acids is 2. The number of nitrogens with zero attached hydrogens (tertiary/aromatic N) is 1. The zero-order valence-corrected chi connectivity index (χ0v) is 12.6. The zero-order valence-electron chi connectivity index (χ0n) is 12.6.